The van der Waals surface area contributed by atoms with Crippen molar-refractivity contribution in [3.05, 3.63) is 89.0 Å². The first-order valence-electron chi connectivity index (χ1n) is 10.4. The van der Waals surface area contributed by atoms with Crippen LogP contribution in [-0.4, -0.2) is 13.1 Å². The van der Waals surface area contributed by atoms with Gasteiger partial charge in [-0.25, -0.2) is 9.18 Å². The quantitative estimate of drug-likeness (QED) is 0.217. The maximum absolute atomic E-state index is 14.2. The fourth-order valence-corrected chi connectivity index (χ4v) is 3.32. The number of hydrogen-bond acceptors (Lipinski definition) is 3. The van der Waals surface area contributed by atoms with Crippen molar-refractivity contribution in [3.8, 4) is 16.9 Å². The van der Waals surface area contributed by atoms with Gasteiger partial charge in [0, 0.05) is 12.7 Å². The fraction of sp³-hybridized carbons (Fsp3) is 0.269. The lowest BCUT2D eigenvalue weighted by atomic mass is 10.0. The number of carbonyl (C=O) groups excluding carboxylic acids is 1. The number of carbonyl (C=O) groups is 1. The topological polar surface area (TPSA) is 35.5 Å². The molecule has 0 spiro atoms. The Balaban J connectivity index is 1.67. The molecule has 3 nitrogen and oxygen atoms in total. The summed E-state index contributed by atoms with van der Waals surface area (Å²) in [6.07, 6.45) is 4.69. The summed E-state index contributed by atoms with van der Waals surface area (Å²) >= 11 is 0. The van der Waals surface area contributed by atoms with Crippen molar-refractivity contribution in [1.82, 2.24) is 0 Å². The smallest absolute Gasteiger partial charge is 0.343 e. The zero-order chi connectivity index (χ0) is 22.2. The summed E-state index contributed by atoms with van der Waals surface area (Å²) in [5, 5.41) is 0. The van der Waals surface area contributed by atoms with E-state index in [2.05, 4.69) is 31.2 Å². The van der Waals surface area contributed by atoms with Gasteiger partial charge in [-0.2, -0.15) is 4.39 Å². The summed E-state index contributed by atoms with van der Waals surface area (Å²) in [5.41, 5.74) is 3.61. The summed E-state index contributed by atoms with van der Waals surface area (Å²) in [7, 11) is 1.39. The Labute approximate surface area is 181 Å². The molecule has 0 aliphatic carbocycles. The Morgan fingerprint density at radius 3 is 2.10 bits per heavy atom. The second-order valence-corrected chi connectivity index (χ2v) is 7.40. The van der Waals surface area contributed by atoms with Gasteiger partial charge in [-0.05, 0) is 53.8 Å². The van der Waals surface area contributed by atoms with Crippen molar-refractivity contribution >= 4 is 5.97 Å². The molecule has 0 bridgehead atoms. The summed E-state index contributed by atoms with van der Waals surface area (Å²) in [5.74, 6) is -3.50. The SMILES string of the molecule is CCCCCc1ccc(-c2ccc(C(=O)Oc3ccc(COC)c(F)c3F)cc2)cc1. The first-order valence-corrected chi connectivity index (χ1v) is 10.4. The third-order valence-corrected chi connectivity index (χ3v) is 5.11. The van der Waals surface area contributed by atoms with Gasteiger partial charge in [0.15, 0.2) is 11.6 Å². The molecule has 0 heterocycles. The molecule has 0 aliphatic heterocycles. The van der Waals surface area contributed by atoms with Gasteiger partial charge in [-0.15, -0.1) is 0 Å². The molecule has 3 rings (SSSR count). The highest BCUT2D eigenvalue weighted by atomic mass is 19.2. The van der Waals surface area contributed by atoms with Gasteiger partial charge in [0.05, 0.1) is 12.2 Å². The second kappa shape index (κ2) is 10.8. The number of unbranched alkanes of at least 4 members (excludes halogenated alkanes) is 2. The zero-order valence-electron chi connectivity index (χ0n) is 17.8. The van der Waals surface area contributed by atoms with Crippen LogP contribution in [-0.2, 0) is 17.8 Å². The lowest BCUT2D eigenvalue weighted by molar-refractivity contribution is 0.0726. The third-order valence-electron chi connectivity index (χ3n) is 5.11. The number of methoxy groups -OCH3 is 1. The van der Waals surface area contributed by atoms with Gasteiger partial charge < -0.3 is 9.47 Å². The van der Waals surface area contributed by atoms with Gasteiger partial charge in [0.25, 0.3) is 0 Å². The maximum Gasteiger partial charge on any atom is 0.343 e. The average molecular weight is 424 g/mol. The van der Waals surface area contributed by atoms with Crippen LogP contribution in [0.4, 0.5) is 8.78 Å². The molecule has 0 saturated heterocycles. The number of aryl methyl sites for hydroxylation is 1. The van der Waals surface area contributed by atoms with Crippen molar-refractivity contribution in [2.24, 2.45) is 0 Å². The second-order valence-electron chi connectivity index (χ2n) is 7.40. The van der Waals surface area contributed by atoms with Gasteiger partial charge in [-0.3, -0.25) is 0 Å². The van der Waals surface area contributed by atoms with Crippen LogP contribution in [0.1, 0.15) is 47.7 Å². The Bertz CT molecular complexity index is 1010. The Morgan fingerprint density at radius 1 is 0.839 bits per heavy atom. The predicted molar refractivity (Wildman–Crippen MR) is 117 cm³/mol. The van der Waals surface area contributed by atoms with E-state index < -0.39 is 23.4 Å². The summed E-state index contributed by atoms with van der Waals surface area (Å²) in [4.78, 5) is 12.4. The van der Waals surface area contributed by atoms with Crippen LogP contribution < -0.4 is 4.74 Å². The standard InChI is InChI=1S/C26H26F2O3/c1-3-4-5-6-18-7-9-19(10-8-18)20-11-13-21(14-12-20)26(29)31-23-16-15-22(17-30-2)24(27)25(23)28/h7-16H,3-6,17H2,1-2H3. The predicted octanol–water partition coefficient (Wildman–Crippen LogP) is 6.73. The molecule has 0 fully saturated rings. The van der Waals surface area contributed by atoms with Crippen molar-refractivity contribution in [2.45, 2.75) is 39.2 Å². The molecule has 31 heavy (non-hydrogen) atoms. The van der Waals surface area contributed by atoms with Gasteiger partial charge in [0.2, 0.25) is 5.82 Å². The van der Waals surface area contributed by atoms with Crippen molar-refractivity contribution < 1.29 is 23.0 Å². The molecule has 5 heteroatoms. The highest BCUT2D eigenvalue weighted by Crippen LogP contribution is 2.25. The molecule has 0 aliphatic rings. The van der Waals surface area contributed by atoms with Crippen LogP contribution in [0.5, 0.6) is 5.75 Å². The van der Waals surface area contributed by atoms with E-state index in [0.717, 1.165) is 17.5 Å². The lowest BCUT2D eigenvalue weighted by Gasteiger charge is -2.09. The Morgan fingerprint density at radius 2 is 1.48 bits per heavy atom. The van der Waals surface area contributed by atoms with Crippen molar-refractivity contribution in [2.75, 3.05) is 7.11 Å². The molecule has 0 atom stereocenters. The molecule has 3 aromatic carbocycles. The summed E-state index contributed by atoms with van der Waals surface area (Å²) < 4.78 is 38.1. The van der Waals surface area contributed by atoms with Gasteiger partial charge >= 0.3 is 5.97 Å². The van der Waals surface area contributed by atoms with E-state index in [9.17, 15) is 13.6 Å². The maximum atomic E-state index is 14.2. The Hall–Kier alpha value is -3.05. The minimum Gasteiger partial charge on any atom is -0.420 e. The van der Waals surface area contributed by atoms with Crippen LogP contribution >= 0.6 is 0 Å². The van der Waals surface area contributed by atoms with Crippen LogP contribution in [0.15, 0.2) is 60.7 Å². The monoisotopic (exact) mass is 424 g/mol. The van der Waals surface area contributed by atoms with Crippen LogP contribution in [0.2, 0.25) is 0 Å². The zero-order valence-corrected chi connectivity index (χ0v) is 17.8. The van der Waals surface area contributed by atoms with E-state index in [-0.39, 0.29) is 17.7 Å². The lowest BCUT2D eigenvalue weighted by Crippen LogP contribution is -2.10. The van der Waals surface area contributed by atoms with E-state index in [1.54, 1.807) is 24.3 Å². The first-order chi connectivity index (χ1) is 15.0. The van der Waals surface area contributed by atoms with Crippen LogP contribution in [0.25, 0.3) is 11.1 Å². The number of esters is 1. The first kappa shape index (κ1) is 22.6. The average Bonchev–Trinajstić information content (AvgIpc) is 2.79. The van der Waals surface area contributed by atoms with E-state index in [1.807, 2.05) is 0 Å². The fourth-order valence-electron chi connectivity index (χ4n) is 3.32. The summed E-state index contributed by atoms with van der Waals surface area (Å²) in [6.45, 7) is 2.12. The van der Waals surface area contributed by atoms with Crippen molar-refractivity contribution in [1.29, 1.82) is 0 Å². The molecule has 0 aromatic heterocycles. The Kier molecular flexibility index (Phi) is 7.90. The molecule has 0 amide bonds. The third kappa shape index (κ3) is 5.76. The molecule has 162 valence electrons. The largest absolute Gasteiger partial charge is 0.420 e. The number of halogens is 2. The molecule has 0 radical (unpaired) electrons. The number of rotatable bonds is 9. The van der Waals surface area contributed by atoms with Crippen molar-refractivity contribution in [3.63, 3.8) is 0 Å². The molecular formula is C26H26F2O3. The molecule has 0 saturated carbocycles. The van der Waals surface area contributed by atoms with Gasteiger partial charge in [-0.1, -0.05) is 56.2 Å². The normalized spacial score (nSPS) is 10.8. The molecule has 0 N–H and O–H groups in total. The van der Waals surface area contributed by atoms with Gasteiger partial charge in [0.1, 0.15) is 0 Å². The number of hydrogen-bond donors (Lipinski definition) is 0. The molecular weight excluding hydrogens is 398 g/mol. The van der Waals surface area contributed by atoms with Crippen LogP contribution in [0.3, 0.4) is 0 Å². The summed E-state index contributed by atoms with van der Waals surface area (Å²) in [6, 6.07) is 17.8. The van der Waals surface area contributed by atoms with E-state index in [4.69, 9.17) is 9.47 Å². The minimum atomic E-state index is -1.21. The van der Waals surface area contributed by atoms with E-state index in [0.29, 0.717) is 0 Å². The highest BCUT2D eigenvalue weighted by molar-refractivity contribution is 5.91. The number of ether oxygens (including phenoxy) is 2. The number of benzene rings is 3. The molecule has 3 aromatic rings. The minimum absolute atomic E-state index is 0.0561. The van der Waals surface area contributed by atoms with E-state index >= 15 is 0 Å². The molecule has 0 unspecified atom stereocenters. The van der Waals surface area contributed by atoms with E-state index in [1.165, 1.54) is 44.1 Å². The van der Waals surface area contributed by atoms with Crippen LogP contribution in [0, 0.1) is 11.6 Å². The highest BCUT2D eigenvalue weighted by Gasteiger charge is 2.18.